The summed E-state index contributed by atoms with van der Waals surface area (Å²) in [6.45, 7) is 0. The van der Waals surface area contributed by atoms with E-state index in [-0.39, 0.29) is 6.04 Å². The molecule has 1 saturated carbocycles. The number of hydrogen-bond acceptors (Lipinski definition) is 4. The minimum atomic E-state index is 0.147. The van der Waals surface area contributed by atoms with Crippen LogP contribution in [0.25, 0.3) is 22.3 Å². The predicted molar refractivity (Wildman–Crippen MR) is 91.2 cm³/mol. The smallest absolute Gasteiger partial charge is 0.143 e. The summed E-state index contributed by atoms with van der Waals surface area (Å²) < 4.78 is 3.69. The number of aromatic nitrogens is 5. The van der Waals surface area contributed by atoms with Crippen LogP contribution in [0.3, 0.4) is 0 Å². The molecule has 0 bridgehead atoms. The molecule has 1 radical (unpaired) electrons. The van der Waals surface area contributed by atoms with Crippen LogP contribution < -0.4 is 0 Å². The Labute approximate surface area is 140 Å². The van der Waals surface area contributed by atoms with Crippen molar-refractivity contribution in [3.05, 3.63) is 38.0 Å². The Balaban J connectivity index is 1.71. The fourth-order valence-electron chi connectivity index (χ4n) is 3.83. The molecule has 3 aromatic heterocycles. The number of aldehydes is 1. The summed E-state index contributed by atoms with van der Waals surface area (Å²) >= 11 is 0. The standard InChI is InChI=1S/C18H20N5O/c1-22-8-6-15-17(19-12-20-18(15)22)14-10-21-23(11-14)16(7-9-24)13-4-2-3-5-13/h6,8-13,16H,1-5,7H2. The molecule has 24 heavy (non-hydrogen) atoms. The van der Waals surface area contributed by atoms with E-state index in [1.54, 1.807) is 10.9 Å². The van der Waals surface area contributed by atoms with Gasteiger partial charge >= 0.3 is 0 Å². The molecule has 0 amide bonds. The molecule has 1 atom stereocenters. The summed E-state index contributed by atoms with van der Waals surface area (Å²) in [7, 11) is 3.92. The lowest BCUT2D eigenvalue weighted by Gasteiger charge is -2.21. The van der Waals surface area contributed by atoms with Crippen LogP contribution in [-0.4, -0.2) is 30.6 Å². The van der Waals surface area contributed by atoms with Crippen molar-refractivity contribution in [2.24, 2.45) is 5.92 Å². The van der Waals surface area contributed by atoms with Crippen molar-refractivity contribution in [3.63, 3.8) is 0 Å². The lowest BCUT2D eigenvalue weighted by molar-refractivity contribution is -0.108. The van der Waals surface area contributed by atoms with E-state index in [0.29, 0.717) is 12.3 Å². The quantitative estimate of drug-likeness (QED) is 0.676. The van der Waals surface area contributed by atoms with Gasteiger partial charge in [-0.1, -0.05) is 12.8 Å². The van der Waals surface area contributed by atoms with Gasteiger partial charge in [-0.2, -0.15) is 5.10 Å². The van der Waals surface area contributed by atoms with Crippen LogP contribution in [0.15, 0.2) is 31.0 Å². The highest BCUT2D eigenvalue weighted by atomic mass is 16.1. The summed E-state index contributed by atoms with van der Waals surface area (Å²) in [5.41, 5.74) is 2.60. The average molecular weight is 322 g/mol. The van der Waals surface area contributed by atoms with Gasteiger partial charge < -0.3 is 9.36 Å². The Hall–Kier alpha value is -2.50. The third kappa shape index (κ3) is 2.52. The van der Waals surface area contributed by atoms with Crippen LogP contribution in [0.4, 0.5) is 0 Å². The largest absolute Gasteiger partial charge is 0.331 e. The maximum atomic E-state index is 11.1. The first-order valence-corrected chi connectivity index (χ1v) is 8.39. The van der Waals surface area contributed by atoms with E-state index in [1.165, 1.54) is 25.7 Å². The number of fused-ring (bicyclic) bond motifs is 1. The third-order valence-electron chi connectivity index (χ3n) is 5.05. The lowest BCUT2D eigenvalue weighted by atomic mass is 9.96. The van der Waals surface area contributed by atoms with Gasteiger partial charge in [-0.05, 0) is 24.8 Å². The summed E-state index contributed by atoms with van der Waals surface area (Å²) in [6.07, 6.45) is 13.6. The Morgan fingerprint density at radius 2 is 2.17 bits per heavy atom. The van der Waals surface area contributed by atoms with Crippen LogP contribution in [0.2, 0.25) is 0 Å². The zero-order chi connectivity index (χ0) is 16.5. The topological polar surface area (TPSA) is 65.6 Å². The molecular weight excluding hydrogens is 302 g/mol. The molecule has 4 rings (SSSR count). The van der Waals surface area contributed by atoms with Crippen LogP contribution in [0.5, 0.6) is 0 Å². The molecule has 0 aromatic carbocycles. The molecule has 1 aliphatic rings. The maximum Gasteiger partial charge on any atom is 0.143 e. The fourth-order valence-corrected chi connectivity index (χ4v) is 3.83. The average Bonchev–Trinajstić information content (AvgIpc) is 3.34. The van der Waals surface area contributed by atoms with Gasteiger partial charge in [0.2, 0.25) is 0 Å². The van der Waals surface area contributed by atoms with Crippen LogP contribution in [-0.2, 0) is 4.79 Å². The van der Waals surface area contributed by atoms with Crippen molar-refractivity contribution in [2.45, 2.75) is 38.1 Å². The van der Waals surface area contributed by atoms with Crippen molar-refractivity contribution in [3.8, 4) is 11.3 Å². The summed E-state index contributed by atoms with van der Waals surface area (Å²) in [5.74, 6) is 0.536. The first kappa shape index (κ1) is 15.1. The molecule has 1 aliphatic carbocycles. The van der Waals surface area contributed by atoms with Crippen molar-refractivity contribution in [1.29, 1.82) is 0 Å². The van der Waals surface area contributed by atoms with Crippen molar-refractivity contribution in [2.75, 3.05) is 0 Å². The van der Waals surface area contributed by atoms with Crippen LogP contribution in [0, 0.1) is 13.0 Å². The van der Waals surface area contributed by atoms with Crippen molar-refractivity contribution < 1.29 is 4.79 Å². The van der Waals surface area contributed by atoms with E-state index >= 15 is 0 Å². The molecule has 0 spiro atoms. The zero-order valence-electron chi connectivity index (χ0n) is 13.5. The van der Waals surface area contributed by atoms with Crippen molar-refractivity contribution in [1.82, 2.24) is 24.3 Å². The van der Waals surface area contributed by atoms with E-state index in [4.69, 9.17) is 0 Å². The Bertz CT molecular complexity index is 859. The molecule has 0 saturated heterocycles. The van der Waals surface area contributed by atoms with Gasteiger partial charge in [0.15, 0.2) is 0 Å². The summed E-state index contributed by atoms with van der Waals surface area (Å²) in [4.78, 5) is 19.8. The highest BCUT2D eigenvalue weighted by molar-refractivity contribution is 5.90. The lowest BCUT2D eigenvalue weighted by Crippen LogP contribution is -2.18. The Morgan fingerprint density at radius 3 is 2.96 bits per heavy atom. The molecular formula is C18H20N5O. The molecule has 1 unspecified atom stereocenters. The molecule has 3 heterocycles. The van der Waals surface area contributed by atoms with Crippen LogP contribution >= 0.6 is 0 Å². The molecule has 0 aliphatic heterocycles. The van der Waals surface area contributed by atoms with Gasteiger partial charge in [-0.25, -0.2) is 9.97 Å². The number of nitrogens with zero attached hydrogens (tertiary/aromatic N) is 5. The second-order valence-corrected chi connectivity index (χ2v) is 6.47. The zero-order valence-corrected chi connectivity index (χ0v) is 13.5. The Kier molecular flexibility index (Phi) is 3.88. The second kappa shape index (κ2) is 6.19. The van der Waals surface area contributed by atoms with Crippen LogP contribution in [0.1, 0.15) is 38.1 Å². The van der Waals surface area contributed by atoms with E-state index in [9.17, 15) is 4.79 Å². The third-order valence-corrected chi connectivity index (χ3v) is 5.05. The van der Waals surface area contributed by atoms with E-state index < -0.39 is 0 Å². The van der Waals surface area contributed by atoms with Gasteiger partial charge in [0.05, 0.1) is 17.9 Å². The molecule has 123 valence electrons. The van der Waals surface area contributed by atoms with E-state index in [2.05, 4.69) is 22.1 Å². The molecule has 6 heteroatoms. The minimum absolute atomic E-state index is 0.147. The highest BCUT2D eigenvalue weighted by Crippen LogP contribution is 2.36. The van der Waals surface area contributed by atoms with Gasteiger partial charge in [0.25, 0.3) is 0 Å². The number of hydrogen-bond donors (Lipinski definition) is 0. The molecule has 6 nitrogen and oxygen atoms in total. The molecule has 1 fully saturated rings. The normalized spacial score (nSPS) is 16.7. The maximum absolute atomic E-state index is 11.1. The van der Waals surface area contributed by atoms with Gasteiger partial charge in [0.1, 0.15) is 18.3 Å². The van der Waals surface area contributed by atoms with Gasteiger partial charge in [-0.15, -0.1) is 0 Å². The fraction of sp³-hybridized carbons (Fsp3) is 0.389. The monoisotopic (exact) mass is 322 g/mol. The number of rotatable bonds is 5. The SMILES string of the molecule is [CH2]n1ccc2c(-c3cnn(C(CC=O)C4CCCC4)c3)ncnc21. The first-order valence-electron chi connectivity index (χ1n) is 8.39. The van der Waals surface area contributed by atoms with E-state index in [1.807, 2.05) is 29.3 Å². The first-order chi connectivity index (χ1) is 11.8. The summed E-state index contributed by atoms with van der Waals surface area (Å²) in [6, 6.07) is 2.11. The minimum Gasteiger partial charge on any atom is -0.331 e. The summed E-state index contributed by atoms with van der Waals surface area (Å²) in [5, 5.41) is 5.50. The number of carbonyl (C=O) groups excluding carboxylic acids is 1. The van der Waals surface area contributed by atoms with Crippen molar-refractivity contribution >= 4 is 17.3 Å². The molecule has 3 aromatic rings. The highest BCUT2D eigenvalue weighted by Gasteiger charge is 2.27. The van der Waals surface area contributed by atoms with Gasteiger partial charge in [-0.3, -0.25) is 4.68 Å². The van der Waals surface area contributed by atoms with E-state index in [0.717, 1.165) is 28.6 Å². The Morgan fingerprint density at radius 1 is 1.33 bits per heavy atom. The van der Waals surface area contributed by atoms with Gasteiger partial charge in [0, 0.05) is 36.8 Å². The number of carbonyl (C=O) groups is 1. The predicted octanol–water partition coefficient (Wildman–Crippen LogP) is 3.25. The molecule has 0 N–H and O–H groups in total. The second-order valence-electron chi connectivity index (χ2n) is 6.47.